The zero-order valence-electron chi connectivity index (χ0n) is 25.1. The van der Waals surface area contributed by atoms with Gasteiger partial charge < -0.3 is 9.13 Å². The average molecular weight is 632 g/mol. The van der Waals surface area contributed by atoms with Crippen LogP contribution in [0.1, 0.15) is 0 Å². The predicted molar refractivity (Wildman–Crippen MR) is 194 cm³/mol. The van der Waals surface area contributed by atoms with E-state index in [-0.39, 0.29) is 0 Å². The third-order valence-electron chi connectivity index (χ3n) is 8.31. The first-order valence-corrected chi connectivity index (χ1v) is 18.6. The lowest BCUT2D eigenvalue weighted by Crippen LogP contribution is -2.31. The van der Waals surface area contributed by atoms with E-state index in [1.807, 2.05) is 176 Å². The average Bonchev–Trinajstić information content (AvgIpc) is 3.16. The lowest BCUT2D eigenvalue weighted by atomic mass is 10.1. The summed E-state index contributed by atoms with van der Waals surface area (Å²) in [5, 5.41) is 4.08. The van der Waals surface area contributed by atoms with Gasteiger partial charge in [-0.2, -0.15) is 0 Å². The number of nitrogens with zero attached hydrogens (tertiary/aromatic N) is 1. The fourth-order valence-corrected chi connectivity index (χ4v) is 11.6. The van der Waals surface area contributed by atoms with Gasteiger partial charge in [0.15, 0.2) is 14.3 Å². The van der Waals surface area contributed by atoms with E-state index < -0.39 is 14.3 Å². The third kappa shape index (κ3) is 5.39. The van der Waals surface area contributed by atoms with Crippen LogP contribution in [0.25, 0.3) is 22.4 Å². The molecule has 0 spiro atoms. The quantitative estimate of drug-likeness (QED) is 0.162. The second-order valence-corrected chi connectivity index (χ2v) is 16.6. The lowest BCUT2D eigenvalue weighted by molar-refractivity contribution is 0.592. The Morgan fingerprint density at radius 3 is 1.24 bits per heavy atom. The van der Waals surface area contributed by atoms with Crippen LogP contribution < -0.4 is 31.8 Å². The van der Waals surface area contributed by atoms with Crippen molar-refractivity contribution >= 4 is 46.1 Å². The van der Waals surface area contributed by atoms with E-state index in [4.69, 9.17) is 4.98 Å². The van der Waals surface area contributed by atoms with Crippen molar-refractivity contribution in [1.82, 2.24) is 4.98 Å². The molecule has 0 saturated carbocycles. The highest BCUT2D eigenvalue weighted by Crippen LogP contribution is 2.48. The maximum atomic E-state index is 15.9. The summed E-state index contributed by atoms with van der Waals surface area (Å²) in [5.41, 5.74) is 3.51. The standard InChI is InChI=1S/C41H31NO2P2/c43-45(34-18-8-2-9-19-34,35-20-10-3-11-21-35)38-27-28-39(40-29-26-33(31-42-40)32-16-6-1-7-17-32)41(30-38)46(44,36-22-12-4-13-23-36)37-24-14-5-15-25-37/h1-31H. The molecule has 0 radical (unpaired) electrons. The van der Waals surface area contributed by atoms with E-state index in [1.54, 1.807) is 0 Å². The first kappa shape index (κ1) is 29.6. The van der Waals surface area contributed by atoms with Crippen LogP contribution in [0.5, 0.6) is 0 Å². The van der Waals surface area contributed by atoms with Crippen molar-refractivity contribution < 1.29 is 9.13 Å². The number of hydrogen-bond acceptors (Lipinski definition) is 3. The van der Waals surface area contributed by atoms with Crippen LogP contribution in [0.4, 0.5) is 0 Å². The number of aromatic nitrogens is 1. The SMILES string of the molecule is O=P(c1ccccc1)(c1ccccc1)c1ccc(-c2ccc(-c3ccccc3)cn2)c(P(=O)(c2ccccc2)c2ccccc2)c1. The van der Waals surface area contributed by atoms with E-state index in [1.165, 1.54) is 0 Å². The highest BCUT2D eigenvalue weighted by molar-refractivity contribution is 7.86. The topological polar surface area (TPSA) is 47.0 Å². The molecule has 6 aromatic carbocycles. The maximum absolute atomic E-state index is 15.9. The first-order valence-electron chi connectivity index (χ1n) is 15.2. The summed E-state index contributed by atoms with van der Waals surface area (Å²) in [5.74, 6) is 0. The molecule has 0 unspecified atom stereocenters. The van der Waals surface area contributed by atoms with E-state index in [9.17, 15) is 0 Å². The van der Waals surface area contributed by atoms with E-state index in [0.29, 0.717) is 26.9 Å². The molecule has 0 atom stereocenters. The Kier molecular flexibility index (Phi) is 8.20. The molecule has 3 nitrogen and oxygen atoms in total. The van der Waals surface area contributed by atoms with Crippen molar-refractivity contribution in [3.8, 4) is 22.4 Å². The second-order valence-electron chi connectivity index (χ2n) is 11.1. The Bertz CT molecular complexity index is 2080. The Labute approximate surface area is 270 Å². The molecule has 0 amide bonds. The number of hydrogen-bond donors (Lipinski definition) is 0. The molecule has 0 saturated heterocycles. The monoisotopic (exact) mass is 631 g/mol. The minimum Gasteiger partial charge on any atom is -0.309 e. The highest BCUT2D eigenvalue weighted by Gasteiger charge is 2.36. The molecule has 46 heavy (non-hydrogen) atoms. The predicted octanol–water partition coefficient (Wildman–Crippen LogP) is 7.69. The largest absolute Gasteiger partial charge is 0.309 e. The van der Waals surface area contributed by atoms with Gasteiger partial charge in [0.2, 0.25) is 0 Å². The second kappa shape index (κ2) is 12.7. The van der Waals surface area contributed by atoms with Gasteiger partial charge in [-0.1, -0.05) is 170 Å². The minimum atomic E-state index is -3.49. The van der Waals surface area contributed by atoms with Crippen molar-refractivity contribution in [2.45, 2.75) is 0 Å². The van der Waals surface area contributed by atoms with Crippen molar-refractivity contribution in [2.75, 3.05) is 0 Å². The van der Waals surface area contributed by atoms with Crippen LogP contribution >= 0.6 is 14.3 Å². The first-order chi connectivity index (χ1) is 22.6. The van der Waals surface area contributed by atoms with E-state index >= 15 is 9.13 Å². The minimum absolute atomic E-state index is 0.606. The van der Waals surface area contributed by atoms with Gasteiger partial charge in [-0.25, -0.2) is 0 Å². The van der Waals surface area contributed by atoms with Crippen LogP contribution in [-0.4, -0.2) is 4.98 Å². The summed E-state index contributed by atoms with van der Waals surface area (Å²) in [6, 6.07) is 58.3. The molecule has 0 fully saturated rings. The van der Waals surface area contributed by atoms with Crippen LogP contribution in [0.15, 0.2) is 188 Å². The van der Waals surface area contributed by atoms with Crippen molar-refractivity contribution in [3.63, 3.8) is 0 Å². The van der Waals surface area contributed by atoms with Gasteiger partial charge in [0.25, 0.3) is 0 Å². The molecular formula is C41H31NO2P2. The van der Waals surface area contributed by atoms with Gasteiger partial charge in [0, 0.05) is 49.2 Å². The Balaban J connectivity index is 1.52. The van der Waals surface area contributed by atoms with Crippen molar-refractivity contribution in [3.05, 3.63) is 188 Å². The summed E-state index contributed by atoms with van der Waals surface area (Å²) >= 11 is 0. The molecule has 7 rings (SSSR count). The number of benzene rings is 6. The Morgan fingerprint density at radius 2 is 0.804 bits per heavy atom. The molecule has 0 aliphatic rings. The van der Waals surface area contributed by atoms with Gasteiger partial charge in [0.05, 0.1) is 5.69 Å². The van der Waals surface area contributed by atoms with Gasteiger partial charge in [-0.3, -0.25) is 4.98 Å². The number of pyridine rings is 1. The molecule has 0 aliphatic carbocycles. The molecule has 1 aromatic heterocycles. The normalized spacial score (nSPS) is 11.7. The number of rotatable bonds is 8. The molecule has 0 aliphatic heterocycles. The highest BCUT2D eigenvalue weighted by atomic mass is 31.2. The zero-order chi connectivity index (χ0) is 31.4. The van der Waals surface area contributed by atoms with Crippen LogP contribution in [0, 0.1) is 0 Å². The Hall–Kier alpha value is -5.07. The summed E-state index contributed by atoms with van der Waals surface area (Å²) in [6.07, 6.45) is 1.86. The molecule has 1 heterocycles. The molecule has 0 bridgehead atoms. The molecule has 0 N–H and O–H groups in total. The smallest absolute Gasteiger partial charge is 0.171 e. The third-order valence-corrected chi connectivity index (χ3v) is 14.5. The fourth-order valence-electron chi connectivity index (χ4n) is 5.97. The molecule has 7 aromatic rings. The van der Waals surface area contributed by atoms with Crippen LogP contribution in [0.3, 0.4) is 0 Å². The van der Waals surface area contributed by atoms with Gasteiger partial charge in [-0.15, -0.1) is 0 Å². The van der Waals surface area contributed by atoms with Gasteiger partial charge in [0.1, 0.15) is 0 Å². The zero-order valence-corrected chi connectivity index (χ0v) is 26.8. The van der Waals surface area contributed by atoms with Crippen molar-refractivity contribution in [2.24, 2.45) is 0 Å². The summed E-state index contributed by atoms with van der Waals surface area (Å²) in [4.78, 5) is 4.90. The van der Waals surface area contributed by atoms with Gasteiger partial charge in [-0.05, 0) is 17.7 Å². The molecule has 222 valence electrons. The van der Waals surface area contributed by atoms with Crippen molar-refractivity contribution in [1.29, 1.82) is 0 Å². The molecule has 5 heteroatoms. The summed E-state index contributed by atoms with van der Waals surface area (Å²) in [6.45, 7) is 0. The fraction of sp³-hybridized carbons (Fsp3) is 0. The van der Waals surface area contributed by atoms with Crippen LogP contribution in [-0.2, 0) is 9.13 Å². The summed E-state index contributed by atoms with van der Waals surface area (Å²) < 4.78 is 31.4. The lowest BCUT2D eigenvalue weighted by Gasteiger charge is -2.26. The van der Waals surface area contributed by atoms with Crippen LogP contribution in [0.2, 0.25) is 0 Å². The molecular weight excluding hydrogens is 600 g/mol. The van der Waals surface area contributed by atoms with E-state index in [2.05, 4.69) is 12.1 Å². The summed E-state index contributed by atoms with van der Waals surface area (Å²) in [7, 11) is -6.85. The maximum Gasteiger partial charge on any atom is 0.171 e. The van der Waals surface area contributed by atoms with Gasteiger partial charge >= 0.3 is 0 Å². The van der Waals surface area contributed by atoms with E-state index in [0.717, 1.165) is 27.3 Å². The Morgan fingerprint density at radius 1 is 0.370 bits per heavy atom.